The Morgan fingerprint density at radius 3 is 2.00 bits per heavy atom. The molecule has 13 nitrogen and oxygen atoms in total. The highest BCUT2D eigenvalue weighted by molar-refractivity contribution is 5.79. The van der Waals surface area contributed by atoms with Crippen LogP contribution >= 0.6 is 0 Å². The Kier molecular flexibility index (Phi) is 8.92. The number of carboxylic acid groups (broad SMARTS) is 2. The fourth-order valence-corrected chi connectivity index (χ4v) is 13.8. The molecule has 6 aliphatic rings. The molecular formula is C38H60O13. The zero-order valence-electron chi connectivity index (χ0n) is 31.2. The van der Waals surface area contributed by atoms with Gasteiger partial charge in [-0.05, 0) is 72.0 Å². The van der Waals surface area contributed by atoms with E-state index in [1.165, 1.54) is 0 Å². The Morgan fingerprint density at radius 2 is 1.43 bits per heavy atom. The molecule has 5 fully saturated rings. The van der Waals surface area contributed by atoms with Crippen molar-refractivity contribution >= 4 is 11.9 Å². The molecule has 0 aromatic carbocycles. The zero-order valence-corrected chi connectivity index (χ0v) is 31.2. The molecule has 6 rings (SSSR count). The Balaban J connectivity index is 1.44. The molecule has 0 aromatic heterocycles. The molecule has 1 saturated heterocycles. The summed E-state index contributed by atoms with van der Waals surface area (Å²) in [5, 5.41) is 99.6. The summed E-state index contributed by atoms with van der Waals surface area (Å²) in [6.45, 7) is 15.8. The minimum absolute atomic E-state index is 0.0720. The topological polar surface area (TPSA) is 235 Å². The van der Waals surface area contributed by atoms with Crippen molar-refractivity contribution in [3.8, 4) is 0 Å². The van der Waals surface area contributed by atoms with E-state index in [2.05, 4.69) is 40.7 Å². The normalized spacial score (nSPS) is 56.4. The van der Waals surface area contributed by atoms with E-state index in [1.54, 1.807) is 6.92 Å². The third-order valence-corrected chi connectivity index (χ3v) is 16.6. The number of allylic oxidation sites excluding steroid dienone is 2. The van der Waals surface area contributed by atoms with Crippen LogP contribution in [0.5, 0.6) is 0 Å². The van der Waals surface area contributed by atoms with Crippen LogP contribution in [0.25, 0.3) is 0 Å². The average molecular weight is 725 g/mol. The maximum Gasteiger partial charge on any atom is 0.335 e. The summed E-state index contributed by atoms with van der Waals surface area (Å²) in [6.07, 6.45) is -9.52. The summed E-state index contributed by atoms with van der Waals surface area (Å²) in [5.41, 5.74) is -5.84. The molecule has 4 saturated carbocycles. The second-order valence-corrected chi connectivity index (χ2v) is 19.4. The summed E-state index contributed by atoms with van der Waals surface area (Å²) in [4.78, 5) is 25.1. The number of carboxylic acids is 2. The fourth-order valence-electron chi connectivity index (χ4n) is 13.8. The quantitative estimate of drug-likeness (QED) is 0.146. The number of ether oxygens (including phenoxy) is 2. The van der Waals surface area contributed by atoms with E-state index in [0.717, 1.165) is 5.57 Å². The Labute approximate surface area is 299 Å². The van der Waals surface area contributed by atoms with Gasteiger partial charge in [0.25, 0.3) is 0 Å². The lowest BCUT2D eigenvalue weighted by atomic mass is 9.27. The van der Waals surface area contributed by atoms with Crippen molar-refractivity contribution in [2.75, 3.05) is 6.61 Å². The van der Waals surface area contributed by atoms with Crippen LogP contribution in [0, 0.1) is 49.2 Å². The molecule has 17 atom stereocenters. The number of hydrogen-bond acceptors (Lipinski definition) is 11. The van der Waals surface area contributed by atoms with Gasteiger partial charge >= 0.3 is 11.9 Å². The third-order valence-electron chi connectivity index (χ3n) is 16.6. The van der Waals surface area contributed by atoms with E-state index in [0.29, 0.717) is 25.7 Å². The Hall–Kier alpha value is -1.68. The summed E-state index contributed by atoms with van der Waals surface area (Å²) in [7, 11) is 0. The largest absolute Gasteiger partial charge is 0.481 e. The molecule has 0 spiro atoms. The van der Waals surface area contributed by atoms with Crippen LogP contribution in [0.3, 0.4) is 0 Å². The molecule has 51 heavy (non-hydrogen) atoms. The molecule has 290 valence electrons. The smallest absolute Gasteiger partial charge is 0.335 e. The van der Waals surface area contributed by atoms with Crippen molar-refractivity contribution < 1.29 is 65.0 Å². The zero-order chi connectivity index (χ0) is 38.3. The average Bonchev–Trinajstić information content (AvgIpc) is 2.99. The van der Waals surface area contributed by atoms with Crippen LogP contribution in [0.15, 0.2) is 11.6 Å². The number of fused-ring (bicyclic) bond motifs is 7. The van der Waals surface area contributed by atoms with E-state index >= 15 is 0 Å². The van der Waals surface area contributed by atoms with Crippen LogP contribution in [0.1, 0.15) is 100 Å². The lowest BCUT2D eigenvalue weighted by molar-refractivity contribution is -0.356. The van der Waals surface area contributed by atoms with E-state index in [4.69, 9.17) is 9.47 Å². The van der Waals surface area contributed by atoms with Crippen molar-refractivity contribution in [1.82, 2.24) is 0 Å². The molecule has 1 aliphatic heterocycles. The van der Waals surface area contributed by atoms with Crippen molar-refractivity contribution in [3.05, 3.63) is 11.6 Å². The maximum absolute atomic E-state index is 13.3. The van der Waals surface area contributed by atoms with Gasteiger partial charge in [-0.1, -0.05) is 67.0 Å². The number of aliphatic hydroxyl groups is 7. The summed E-state index contributed by atoms with van der Waals surface area (Å²) >= 11 is 0. The summed E-state index contributed by atoms with van der Waals surface area (Å²) in [6, 6.07) is 0. The number of carbonyl (C=O) groups is 2. The highest BCUT2D eigenvalue weighted by Crippen LogP contribution is 2.82. The van der Waals surface area contributed by atoms with Crippen LogP contribution in [0.2, 0.25) is 0 Å². The second kappa shape index (κ2) is 11.7. The van der Waals surface area contributed by atoms with Gasteiger partial charge in [-0.15, -0.1) is 0 Å². The van der Waals surface area contributed by atoms with E-state index < -0.39 is 117 Å². The Bertz CT molecular complexity index is 1480. The third kappa shape index (κ3) is 4.65. The van der Waals surface area contributed by atoms with Gasteiger partial charge in [0, 0.05) is 16.7 Å². The lowest BCUT2D eigenvalue weighted by Crippen LogP contribution is -2.77. The first kappa shape index (κ1) is 39.0. The van der Waals surface area contributed by atoms with Crippen molar-refractivity contribution in [2.45, 2.75) is 155 Å². The van der Waals surface area contributed by atoms with Crippen molar-refractivity contribution in [1.29, 1.82) is 0 Å². The molecule has 0 amide bonds. The van der Waals surface area contributed by atoms with E-state index in [-0.39, 0.29) is 24.7 Å². The molecule has 0 radical (unpaired) electrons. The number of aliphatic hydroxyl groups excluding tert-OH is 7. The van der Waals surface area contributed by atoms with Crippen LogP contribution in [-0.2, 0) is 19.1 Å². The molecule has 1 heterocycles. The number of rotatable bonds is 5. The molecular weight excluding hydrogens is 664 g/mol. The first-order valence-electron chi connectivity index (χ1n) is 18.5. The molecule has 0 unspecified atom stereocenters. The van der Waals surface area contributed by atoms with Crippen LogP contribution in [-0.4, -0.2) is 120 Å². The van der Waals surface area contributed by atoms with Gasteiger partial charge in [-0.2, -0.15) is 0 Å². The summed E-state index contributed by atoms with van der Waals surface area (Å²) < 4.78 is 11.5. The fraction of sp³-hybridized carbons (Fsp3) is 0.895. The predicted molar refractivity (Wildman–Crippen MR) is 181 cm³/mol. The number of hydrogen-bond donors (Lipinski definition) is 9. The van der Waals surface area contributed by atoms with Gasteiger partial charge < -0.3 is 55.4 Å². The van der Waals surface area contributed by atoms with Crippen molar-refractivity contribution in [2.24, 2.45) is 49.2 Å². The van der Waals surface area contributed by atoms with Crippen molar-refractivity contribution in [3.63, 3.8) is 0 Å². The van der Waals surface area contributed by atoms with Crippen LogP contribution in [0.4, 0.5) is 0 Å². The molecule has 13 heteroatoms. The minimum Gasteiger partial charge on any atom is -0.481 e. The lowest BCUT2D eigenvalue weighted by Gasteiger charge is -2.78. The molecule has 9 N–H and O–H groups in total. The Morgan fingerprint density at radius 1 is 0.804 bits per heavy atom. The van der Waals surface area contributed by atoms with Gasteiger partial charge in [-0.25, -0.2) is 4.79 Å². The SMILES string of the molecule is CC1(C)CC[C@]2(C(=O)O)[C@H](O)C[C@]3(C)C(=CC[C@@]4(C)[C@@]3(C)C[C@@H](O)[C@H]3[C@](C)(CO)[C@@H](O[C@@H]5O[C@H](C(=O)O)[C@@H](O)[C@H](O)[C@H]5O)[C@@H](O)C[C@@]34C)[C@]2(C)C1. The van der Waals surface area contributed by atoms with E-state index in [9.17, 15) is 55.5 Å². The minimum atomic E-state index is -1.94. The first-order chi connectivity index (χ1) is 23.3. The standard InChI is InChI=1S/C38H60O13/c1-31(2)11-12-38(30(48)49)21(42)15-33(4)20(35(38,6)16-31)9-10-36(7)34(5)13-19(41)27(32(3,17-39)26(34)18(40)14-37(33,36)8)51-29-24(45)22(43)23(44)25(50-29)28(46)47/h9,18-19,21-27,29,39-45H,10-17H2,1-8H3,(H,46,47)(H,48,49)/t18-,19+,21-,22+,23+,24-,25+,26+,27+,29+,32+,33-,34+,35+,36-,37+,38-/m1/s1. The molecule has 0 aromatic rings. The molecule has 5 aliphatic carbocycles. The van der Waals surface area contributed by atoms with Gasteiger partial charge in [0.2, 0.25) is 0 Å². The predicted octanol–water partition coefficient (Wildman–Crippen LogP) is 1.82. The van der Waals surface area contributed by atoms with Gasteiger partial charge in [0.1, 0.15) is 23.7 Å². The van der Waals surface area contributed by atoms with Gasteiger partial charge in [-0.3, -0.25) is 4.79 Å². The van der Waals surface area contributed by atoms with E-state index in [1.807, 2.05) is 13.8 Å². The number of aliphatic carboxylic acids is 2. The van der Waals surface area contributed by atoms with Crippen LogP contribution < -0.4 is 0 Å². The maximum atomic E-state index is 13.3. The second-order valence-electron chi connectivity index (χ2n) is 19.4. The highest BCUT2D eigenvalue weighted by Gasteiger charge is 2.79. The summed E-state index contributed by atoms with van der Waals surface area (Å²) in [5.74, 6) is -3.28. The van der Waals surface area contributed by atoms with Gasteiger partial charge in [0.05, 0.1) is 31.0 Å². The molecule has 0 bridgehead atoms. The monoisotopic (exact) mass is 724 g/mol. The van der Waals surface area contributed by atoms with Gasteiger partial charge in [0.15, 0.2) is 12.4 Å². The highest BCUT2D eigenvalue weighted by atomic mass is 16.7. The first-order valence-corrected chi connectivity index (χ1v) is 18.5.